The molecule has 0 spiro atoms. The summed E-state index contributed by atoms with van der Waals surface area (Å²) in [6.07, 6.45) is 2.28. The highest BCUT2D eigenvalue weighted by molar-refractivity contribution is 7.89. The van der Waals surface area contributed by atoms with Gasteiger partial charge in [-0.2, -0.15) is 0 Å². The summed E-state index contributed by atoms with van der Waals surface area (Å²) in [5, 5.41) is 7.71. The lowest BCUT2D eigenvalue weighted by Crippen LogP contribution is -2.33. The Kier molecular flexibility index (Phi) is 7.47. The Morgan fingerprint density at radius 3 is 2.58 bits per heavy atom. The lowest BCUT2D eigenvalue weighted by Gasteiger charge is -2.19. The standard InChI is InChI=1S/C15H29N3O5S/c1-15(2,3)23-14(20)17-7-5-4-6-8-18-10-12(9-13(18)19)11-24(16,21)22/h12H,4-11H2,1-3H3,(H,17,20)(H2,16,21,22). The van der Waals surface area contributed by atoms with E-state index in [4.69, 9.17) is 9.88 Å². The third-order valence-corrected chi connectivity index (χ3v) is 4.47. The van der Waals surface area contributed by atoms with Crippen LogP contribution >= 0.6 is 0 Å². The second-order valence-corrected chi connectivity index (χ2v) is 8.89. The zero-order valence-electron chi connectivity index (χ0n) is 14.7. The summed E-state index contributed by atoms with van der Waals surface area (Å²) < 4.78 is 27.3. The Morgan fingerprint density at radius 2 is 2.00 bits per heavy atom. The van der Waals surface area contributed by atoms with Gasteiger partial charge in [-0.1, -0.05) is 0 Å². The van der Waals surface area contributed by atoms with Crippen molar-refractivity contribution in [3.63, 3.8) is 0 Å². The highest BCUT2D eigenvalue weighted by atomic mass is 32.2. The molecule has 2 amide bonds. The van der Waals surface area contributed by atoms with E-state index in [1.165, 1.54) is 0 Å². The van der Waals surface area contributed by atoms with Gasteiger partial charge in [0.1, 0.15) is 5.60 Å². The Bertz CT molecular complexity index is 542. The van der Waals surface area contributed by atoms with E-state index in [1.54, 1.807) is 4.90 Å². The topological polar surface area (TPSA) is 119 Å². The number of carbonyl (C=O) groups is 2. The van der Waals surface area contributed by atoms with Crippen LogP contribution in [-0.4, -0.2) is 56.3 Å². The van der Waals surface area contributed by atoms with E-state index >= 15 is 0 Å². The summed E-state index contributed by atoms with van der Waals surface area (Å²) >= 11 is 0. The predicted molar refractivity (Wildman–Crippen MR) is 90.7 cm³/mol. The van der Waals surface area contributed by atoms with E-state index in [0.717, 1.165) is 19.3 Å². The predicted octanol–water partition coefficient (Wildman–Crippen LogP) is 0.818. The molecule has 24 heavy (non-hydrogen) atoms. The van der Waals surface area contributed by atoms with Crippen LogP contribution in [0.4, 0.5) is 4.79 Å². The molecule has 0 radical (unpaired) electrons. The fourth-order valence-electron chi connectivity index (χ4n) is 2.62. The van der Waals surface area contributed by atoms with Gasteiger partial charge in [0.05, 0.1) is 5.75 Å². The first-order valence-electron chi connectivity index (χ1n) is 8.21. The van der Waals surface area contributed by atoms with E-state index in [9.17, 15) is 18.0 Å². The first kappa shape index (κ1) is 20.7. The van der Waals surface area contributed by atoms with Gasteiger partial charge in [0.25, 0.3) is 0 Å². The summed E-state index contributed by atoms with van der Waals surface area (Å²) in [5.74, 6) is -0.369. The van der Waals surface area contributed by atoms with Crippen LogP contribution in [0, 0.1) is 5.92 Å². The van der Waals surface area contributed by atoms with Crippen LogP contribution in [0.15, 0.2) is 0 Å². The Morgan fingerprint density at radius 1 is 1.33 bits per heavy atom. The van der Waals surface area contributed by atoms with E-state index < -0.39 is 21.7 Å². The number of nitrogens with zero attached hydrogens (tertiary/aromatic N) is 1. The van der Waals surface area contributed by atoms with Crippen molar-refractivity contribution in [2.45, 2.75) is 52.1 Å². The number of hydrogen-bond donors (Lipinski definition) is 2. The van der Waals surface area contributed by atoms with Gasteiger partial charge in [-0.3, -0.25) is 4.79 Å². The minimum absolute atomic E-state index is 0.0180. The molecule has 140 valence electrons. The maximum absolute atomic E-state index is 11.8. The van der Waals surface area contributed by atoms with Gasteiger partial charge in [-0.05, 0) is 40.0 Å². The van der Waals surface area contributed by atoms with E-state index in [2.05, 4.69) is 5.32 Å². The molecule has 0 aliphatic carbocycles. The molecule has 1 aliphatic rings. The van der Waals surface area contributed by atoms with Gasteiger partial charge in [0.15, 0.2) is 0 Å². The van der Waals surface area contributed by atoms with Crippen molar-refractivity contribution in [3.05, 3.63) is 0 Å². The Balaban J connectivity index is 2.13. The number of unbranched alkanes of at least 4 members (excludes halogenated alkanes) is 2. The van der Waals surface area contributed by atoms with Gasteiger partial charge in [0, 0.05) is 32.0 Å². The summed E-state index contributed by atoms with van der Waals surface area (Å²) in [5.41, 5.74) is -0.506. The Labute approximate surface area is 144 Å². The number of ether oxygens (including phenoxy) is 1. The maximum Gasteiger partial charge on any atom is 0.407 e. The first-order valence-corrected chi connectivity index (χ1v) is 9.93. The summed E-state index contributed by atoms with van der Waals surface area (Å²) in [6, 6.07) is 0. The fourth-order valence-corrected chi connectivity index (χ4v) is 3.50. The van der Waals surface area contributed by atoms with Crippen molar-refractivity contribution >= 4 is 22.0 Å². The number of hydrogen-bond acceptors (Lipinski definition) is 5. The van der Waals surface area contributed by atoms with E-state index in [1.807, 2.05) is 20.8 Å². The third kappa shape index (κ3) is 9.07. The van der Waals surface area contributed by atoms with Gasteiger partial charge in [0.2, 0.25) is 15.9 Å². The number of nitrogens with one attached hydrogen (secondary N) is 1. The molecule has 0 saturated carbocycles. The van der Waals surface area contributed by atoms with Crippen LogP contribution in [0.2, 0.25) is 0 Å². The van der Waals surface area contributed by atoms with Crippen molar-refractivity contribution in [3.8, 4) is 0 Å². The van der Waals surface area contributed by atoms with Gasteiger partial charge in [-0.15, -0.1) is 0 Å². The number of rotatable bonds is 8. The van der Waals surface area contributed by atoms with E-state index in [0.29, 0.717) is 19.6 Å². The molecule has 1 unspecified atom stereocenters. The van der Waals surface area contributed by atoms with Crippen molar-refractivity contribution in [1.29, 1.82) is 0 Å². The number of nitrogens with two attached hydrogens (primary N) is 1. The fraction of sp³-hybridized carbons (Fsp3) is 0.867. The zero-order valence-corrected chi connectivity index (χ0v) is 15.5. The van der Waals surface area contributed by atoms with Crippen LogP contribution in [0.1, 0.15) is 46.5 Å². The number of sulfonamides is 1. The maximum atomic E-state index is 11.8. The summed E-state index contributed by atoms with van der Waals surface area (Å²) in [6.45, 7) is 7.00. The van der Waals surface area contributed by atoms with Crippen LogP contribution in [0.5, 0.6) is 0 Å². The number of likely N-dealkylation sites (tertiary alicyclic amines) is 1. The molecule has 1 aliphatic heterocycles. The number of primary sulfonamides is 1. The number of carbonyl (C=O) groups excluding carboxylic acids is 2. The SMILES string of the molecule is CC(C)(C)OC(=O)NCCCCCN1CC(CS(N)(=O)=O)CC1=O. The second kappa shape index (κ2) is 8.66. The Hall–Kier alpha value is -1.35. The molecule has 1 heterocycles. The molecule has 0 aromatic heterocycles. The van der Waals surface area contributed by atoms with Crippen LogP contribution < -0.4 is 10.5 Å². The van der Waals surface area contributed by atoms with Crippen molar-refractivity contribution in [2.24, 2.45) is 11.1 Å². The lowest BCUT2D eigenvalue weighted by atomic mass is 10.1. The summed E-state index contributed by atoms with van der Waals surface area (Å²) in [4.78, 5) is 25.0. The molecule has 0 aromatic carbocycles. The smallest absolute Gasteiger partial charge is 0.407 e. The van der Waals surface area contributed by atoms with Crippen LogP contribution in [0.25, 0.3) is 0 Å². The minimum Gasteiger partial charge on any atom is -0.444 e. The molecule has 1 atom stereocenters. The largest absolute Gasteiger partial charge is 0.444 e. The van der Waals surface area contributed by atoms with Gasteiger partial charge in [-0.25, -0.2) is 18.4 Å². The molecule has 1 rings (SSSR count). The molecule has 1 fully saturated rings. The molecule has 0 bridgehead atoms. The lowest BCUT2D eigenvalue weighted by molar-refractivity contribution is -0.127. The highest BCUT2D eigenvalue weighted by Gasteiger charge is 2.31. The third-order valence-electron chi connectivity index (χ3n) is 3.54. The van der Waals surface area contributed by atoms with Crippen LogP contribution in [0.3, 0.4) is 0 Å². The quantitative estimate of drug-likeness (QED) is 0.619. The van der Waals surface area contributed by atoms with Crippen molar-refractivity contribution in [2.75, 3.05) is 25.4 Å². The molecule has 8 nitrogen and oxygen atoms in total. The molecular formula is C15H29N3O5S. The molecule has 3 N–H and O–H groups in total. The second-order valence-electron chi connectivity index (χ2n) is 7.23. The molecular weight excluding hydrogens is 334 g/mol. The normalized spacial score (nSPS) is 18.8. The molecule has 0 aromatic rings. The van der Waals surface area contributed by atoms with Crippen molar-refractivity contribution in [1.82, 2.24) is 10.2 Å². The van der Waals surface area contributed by atoms with Gasteiger partial charge >= 0.3 is 6.09 Å². The zero-order chi connectivity index (χ0) is 18.4. The number of amides is 2. The molecule has 1 saturated heterocycles. The monoisotopic (exact) mass is 363 g/mol. The average molecular weight is 363 g/mol. The highest BCUT2D eigenvalue weighted by Crippen LogP contribution is 2.19. The summed E-state index contributed by atoms with van der Waals surface area (Å²) in [7, 11) is -3.54. The minimum atomic E-state index is -3.54. The number of alkyl carbamates (subject to hydrolysis) is 1. The van der Waals surface area contributed by atoms with Crippen LogP contribution in [-0.2, 0) is 19.6 Å². The van der Waals surface area contributed by atoms with E-state index in [-0.39, 0.29) is 24.0 Å². The first-order chi connectivity index (χ1) is 11.0. The van der Waals surface area contributed by atoms with Crippen molar-refractivity contribution < 1.29 is 22.7 Å². The average Bonchev–Trinajstić information content (AvgIpc) is 2.69. The van der Waals surface area contributed by atoms with Gasteiger partial charge < -0.3 is 15.0 Å². The molecule has 9 heteroatoms.